The summed E-state index contributed by atoms with van der Waals surface area (Å²) in [6.45, 7) is 0.630. The van der Waals surface area contributed by atoms with Crippen molar-refractivity contribution in [3.05, 3.63) is 62.5 Å². The minimum Gasteiger partial charge on any atom is -0.471 e. The Balaban J connectivity index is 1.61. The number of nitrogens with zero attached hydrogens (tertiary/aromatic N) is 1. The van der Waals surface area contributed by atoms with Crippen LogP contribution < -0.4 is 20.4 Å². The molecule has 0 fully saturated rings. The molecule has 1 aromatic heterocycles. The fraction of sp³-hybridized carbons (Fsp3) is 0.286. The molecule has 30 heavy (non-hydrogen) atoms. The third kappa shape index (κ3) is 3.15. The van der Waals surface area contributed by atoms with Crippen LogP contribution in [0.2, 0.25) is 5.02 Å². The van der Waals surface area contributed by atoms with Crippen LogP contribution in [-0.2, 0) is 29.4 Å². The van der Waals surface area contributed by atoms with Gasteiger partial charge in [-0.1, -0.05) is 11.6 Å². The van der Waals surface area contributed by atoms with Crippen LogP contribution in [0.3, 0.4) is 0 Å². The molecule has 5 rings (SSSR count). The molecule has 0 radical (unpaired) electrons. The maximum atomic E-state index is 12.6. The zero-order valence-electron chi connectivity index (χ0n) is 16.0. The topological polar surface area (TPSA) is 103 Å². The number of primary sulfonamides is 1. The molecule has 0 spiro atoms. The number of anilines is 1. The lowest BCUT2D eigenvalue weighted by Gasteiger charge is -2.32. The summed E-state index contributed by atoms with van der Waals surface area (Å²) in [5, 5.41) is 6.53. The average Bonchev–Trinajstić information content (AvgIpc) is 2.74. The van der Waals surface area contributed by atoms with E-state index in [1.165, 1.54) is 12.1 Å². The number of hydrogen-bond acceptors (Lipinski definition) is 6. The number of halogens is 1. The normalized spacial score (nSPS) is 16.1. The first-order valence-corrected chi connectivity index (χ1v) is 11.6. The van der Waals surface area contributed by atoms with Crippen LogP contribution in [0.1, 0.15) is 29.5 Å². The van der Waals surface area contributed by atoms with Gasteiger partial charge in [0.05, 0.1) is 22.0 Å². The second kappa shape index (κ2) is 7.01. The van der Waals surface area contributed by atoms with Crippen molar-refractivity contribution in [2.45, 2.75) is 37.1 Å². The average molecular weight is 447 g/mol. The van der Waals surface area contributed by atoms with Gasteiger partial charge in [0, 0.05) is 16.6 Å². The quantitative estimate of drug-likeness (QED) is 0.605. The predicted octanol–water partition coefficient (Wildman–Crippen LogP) is 3.33. The molecule has 0 atom stereocenters. The first-order valence-electron chi connectivity index (χ1n) is 9.63. The van der Waals surface area contributed by atoms with Gasteiger partial charge < -0.3 is 14.1 Å². The van der Waals surface area contributed by atoms with Gasteiger partial charge in [-0.3, -0.25) is 0 Å². The van der Waals surface area contributed by atoms with Crippen LogP contribution in [0, 0.1) is 0 Å². The van der Waals surface area contributed by atoms with Crippen LogP contribution in [0.15, 0.2) is 44.4 Å². The van der Waals surface area contributed by atoms with E-state index in [1.54, 1.807) is 12.1 Å². The van der Waals surface area contributed by atoms with Crippen molar-refractivity contribution < 1.29 is 17.6 Å². The number of nitrogens with two attached hydrogens (primary N) is 1. The number of aryl methyl sites for hydroxylation is 1. The second-order valence-corrected chi connectivity index (χ2v) is 9.58. The molecule has 2 aromatic carbocycles. The number of benzene rings is 2. The Morgan fingerprint density at radius 2 is 1.73 bits per heavy atom. The van der Waals surface area contributed by atoms with E-state index in [9.17, 15) is 13.2 Å². The van der Waals surface area contributed by atoms with Crippen LogP contribution in [-0.4, -0.2) is 15.1 Å². The Morgan fingerprint density at radius 3 is 2.43 bits per heavy atom. The summed E-state index contributed by atoms with van der Waals surface area (Å²) in [6.07, 6.45) is 3.56. The highest BCUT2D eigenvalue weighted by Gasteiger charge is 2.27. The molecule has 2 heterocycles. The summed E-state index contributed by atoms with van der Waals surface area (Å²) in [5.41, 5.74) is 3.44. The fourth-order valence-corrected chi connectivity index (χ4v) is 5.07. The molecule has 2 N–H and O–H groups in total. The third-order valence-corrected chi connectivity index (χ3v) is 6.97. The first-order chi connectivity index (χ1) is 14.3. The maximum absolute atomic E-state index is 12.6. The van der Waals surface area contributed by atoms with Gasteiger partial charge in [-0.05, 0) is 61.6 Å². The van der Waals surface area contributed by atoms with E-state index in [2.05, 4.69) is 0 Å². The molecule has 9 heteroatoms. The van der Waals surface area contributed by atoms with Gasteiger partial charge >= 0.3 is 5.63 Å². The predicted molar refractivity (Wildman–Crippen MR) is 114 cm³/mol. The zero-order chi connectivity index (χ0) is 21.0. The Morgan fingerprint density at radius 1 is 1.03 bits per heavy atom. The van der Waals surface area contributed by atoms with Crippen LogP contribution in [0.5, 0.6) is 5.75 Å². The van der Waals surface area contributed by atoms with Crippen molar-refractivity contribution in [2.24, 2.45) is 5.14 Å². The maximum Gasteiger partial charge on any atom is 0.339 e. The standard InChI is InChI=1S/C21H19ClN2O5S/c22-18-9-16-14-3-1-2-4-15(14)21(25)29-19(16)17-10-24(11-28-20(17)18)12-5-7-13(8-6-12)30(23,26)27/h5-9H,1-4,10-11H2,(H2,23,26,27). The molecule has 1 aliphatic carbocycles. The van der Waals surface area contributed by atoms with Gasteiger partial charge in [-0.15, -0.1) is 0 Å². The summed E-state index contributed by atoms with van der Waals surface area (Å²) in [7, 11) is -3.76. The zero-order valence-corrected chi connectivity index (χ0v) is 17.6. The number of sulfonamides is 1. The molecule has 3 aromatic rings. The lowest BCUT2D eigenvalue weighted by molar-refractivity contribution is 0.289. The highest BCUT2D eigenvalue weighted by Crippen LogP contribution is 2.41. The largest absolute Gasteiger partial charge is 0.471 e. The van der Waals surface area contributed by atoms with Crippen molar-refractivity contribution in [1.82, 2.24) is 0 Å². The summed E-state index contributed by atoms with van der Waals surface area (Å²) in [6, 6.07) is 8.07. The SMILES string of the molecule is NS(=O)(=O)c1ccc(N2COc3c(Cl)cc4c5c(c(=O)oc4c3C2)CCCC5)cc1. The summed E-state index contributed by atoms with van der Waals surface area (Å²) >= 11 is 6.52. The molecule has 7 nitrogen and oxygen atoms in total. The van der Waals surface area contributed by atoms with E-state index in [-0.39, 0.29) is 17.3 Å². The molecule has 0 saturated heterocycles. The van der Waals surface area contributed by atoms with E-state index in [0.29, 0.717) is 28.5 Å². The number of ether oxygens (including phenoxy) is 1. The van der Waals surface area contributed by atoms with Crippen LogP contribution in [0.4, 0.5) is 5.69 Å². The van der Waals surface area contributed by atoms with E-state index in [1.807, 2.05) is 11.0 Å². The fourth-order valence-electron chi connectivity index (χ4n) is 4.28. The Kier molecular flexibility index (Phi) is 4.53. The molecule has 1 aliphatic heterocycles. The van der Waals surface area contributed by atoms with Gasteiger partial charge in [-0.25, -0.2) is 18.4 Å². The summed E-state index contributed by atoms with van der Waals surface area (Å²) in [5.74, 6) is 0.514. The molecular weight excluding hydrogens is 428 g/mol. The Hall–Kier alpha value is -2.55. The molecule has 0 saturated carbocycles. The lowest BCUT2D eigenvalue weighted by atomic mass is 9.90. The van der Waals surface area contributed by atoms with Crippen molar-refractivity contribution in [1.29, 1.82) is 0 Å². The van der Waals surface area contributed by atoms with Crippen molar-refractivity contribution >= 4 is 38.3 Å². The molecular formula is C21H19ClN2O5S. The van der Waals surface area contributed by atoms with Crippen molar-refractivity contribution in [3.63, 3.8) is 0 Å². The molecule has 0 unspecified atom stereocenters. The van der Waals surface area contributed by atoms with E-state index in [0.717, 1.165) is 47.9 Å². The van der Waals surface area contributed by atoms with Gasteiger partial charge in [-0.2, -0.15) is 0 Å². The molecule has 156 valence electrons. The smallest absolute Gasteiger partial charge is 0.339 e. The second-order valence-electron chi connectivity index (χ2n) is 7.61. The molecule has 2 aliphatic rings. The highest BCUT2D eigenvalue weighted by molar-refractivity contribution is 7.89. The highest BCUT2D eigenvalue weighted by atomic mass is 35.5. The molecule has 0 amide bonds. The van der Waals surface area contributed by atoms with Gasteiger partial charge in [0.1, 0.15) is 11.3 Å². The van der Waals surface area contributed by atoms with Crippen molar-refractivity contribution in [2.75, 3.05) is 11.6 Å². The van der Waals surface area contributed by atoms with E-state index in [4.69, 9.17) is 25.9 Å². The van der Waals surface area contributed by atoms with Crippen molar-refractivity contribution in [3.8, 4) is 5.75 Å². The number of hydrogen-bond donors (Lipinski definition) is 1. The Bertz CT molecular complexity index is 1330. The summed E-state index contributed by atoms with van der Waals surface area (Å²) in [4.78, 5) is 14.6. The van der Waals surface area contributed by atoms with E-state index >= 15 is 0 Å². The summed E-state index contributed by atoms with van der Waals surface area (Å²) < 4.78 is 34.6. The lowest BCUT2D eigenvalue weighted by Crippen LogP contribution is -2.32. The Labute approximate surface area is 178 Å². The molecule has 0 bridgehead atoms. The first kappa shape index (κ1) is 19.4. The van der Waals surface area contributed by atoms with E-state index < -0.39 is 10.0 Å². The number of fused-ring (bicyclic) bond motifs is 5. The van der Waals surface area contributed by atoms with Gasteiger partial charge in [0.15, 0.2) is 6.73 Å². The van der Waals surface area contributed by atoms with Gasteiger partial charge in [0.25, 0.3) is 0 Å². The monoisotopic (exact) mass is 446 g/mol. The minimum absolute atomic E-state index is 0.0377. The van der Waals surface area contributed by atoms with Crippen LogP contribution >= 0.6 is 11.6 Å². The number of rotatable bonds is 2. The third-order valence-electron chi connectivity index (χ3n) is 5.76. The van der Waals surface area contributed by atoms with Crippen LogP contribution in [0.25, 0.3) is 11.0 Å². The van der Waals surface area contributed by atoms with Gasteiger partial charge in [0.2, 0.25) is 10.0 Å². The minimum atomic E-state index is -3.76.